The molecule has 6 nitrogen and oxygen atoms in total. The van der Waals surface area contributed by atoms with E-state index < -0.39 is 17.4 Å². The third-order valence-electron chi connectivity index (χ3n) is 4.51. The van der Waals surface area contributed by atoms with Crippen molar-refractivity contribution in [3.05, 3.63) is 35.4 Å². The summed E-state index contributed by atoms with van der Waals surface area (Å²) in [5.74, 6) is -0.814. The van der Waals surface area contributed by atoms with Gasteiger partial charge >= 0.3 is 0 Å². The van der Waals surface area contributed by atoms with Crippen molar-refractivity contribution < 1.29 is 14.4 Å². The van der Waals surface area contributed by atoms with E-state index in [0.717, 1.165) is 17.7 Å². The number of hydrogen-bond donors (Lipinski definition) is 2. The first-order valence-corrected chi connectivity index (χ1v) is 7.42. The minimum absolute atomic E-state index is 0.269. The van der Waals surface area contributed by atoms with Crippen molar-refractivity contribution in [1.29, 1.82) is 0 Å². The average molecular weight is 301 g/mol. The first-order chi connectivity index (χ1) is 10.5. The molecule has 1 atom stereocenters. The number of fused-ring (bicyclic) bond motifs is 1. The van der Waals surface area contributed by atoms with Gasteiger partial charge in [-0.2, -0.15) is 0 Å². The second-order valence-electron chi connectivity index (χ2n) is 6.19. The summed E-state index contributed by atoms with van der Waals surface area (Å²) in [6, 6.07) is 6.60. The molecule has 0 bridgehead atoms. The second-order valence-corrected chi connectivity index (χ2v) is 6.19. The van der Waals surface area contributed by atoms with E-state index in [4.69, 9.17) is 5.73 Å². The summed E-state index contributed by atoms with van der Waals surface area (Å²) < 4.78 is 0. The minimum Gasteiger partial charge on any atom is -0.348 e. The zero-order valence-electron chi connectivity index (χ0n) is 12.5. The van der Waals surface area contributed by atoms with Crippen molar-refractivity contribution in [3.63, 3.8) is 0 Å². The molecular weight excluding hydrogens is 282 g/mol. The highest BCUT2D eigenvalue weighted by Crippen LogP contribution is 2.39. The van der Waals surface area contributed by atoms with Crippen molar-refractivity contribution in [2.75, 3.05) is 13.1 Å². The van der Waals surface area contributed by atoms with Gasteiger partial charge in [0.1, 0.15) is 6.54 Å². The molecule has 0 radical (unpaired) electrons. The predicted molar refractivity (Wildman–Crippen MR) is 80.1 cm³/mol. The zero-order chi connectivity index (χ0) is 15.9. The van der Waals surface area contributed by atoms with Gasteiger partial charge in [-0.25, -0.2) is 0 Å². The lowest BCUT2D eigenvalue weighted by atomic mass is 9.96. The van der Waals surface area contributed by atoms with Gasteiger partial charge in [0.2, 0.25) is 5.91 Å². The van der Waals surface area contributed by atoms with Crippen LogP contribution in [0.1, 0.15) is 40.5 Å². The summed E-state index contributed by atoms with van der Waals surface area (Å²) in [6.45, 7) is 1.98. The molecule has 6 heteroatoms. The normalized spacial score (nSPS) is 19.8. The van der Waals surface area contributed by atoms with Gasteiger partial charge in [0, 0.05) is 6.54 Å². The van der Waals surface area contributed by atoms with Crippen molar-refractivity contribution >= 4 is 17.7 Å². The highest BCUT2D eigenvalue weighted by Gasteiger charge is 2.43. The monoisotopic (exact) mass is 301 g/mol. The minimum atomic E-state index is -0.463. The first kappa shape index (κ1) is 14.7. The number of imide groups is 1. The first-order valence-electron chi connectivity index (χ1n) is 7.42. The fourth-order valence-electron chi connectivity index (χ4n) is 2.92. The molecule has 2 aliphatic rings. The van der Waals surface area contributed by atoms with E-state index in [0.29, 0.717) is 23.6 Å². The van der Waals surface area contributed by atoms with Crippen LogP contribution < -0.4 is 11.1 Å². The molecule has 1 aromatic carbocycles. The van der Waals surface area contributed by atoms with Crippen LogP contribution in [-0.2, 0) is 4.79 Å². The third kappa shape index (κ3) is 2.39. The largest absolute Gasteiger partial charge is 0.348 e. The molecular formula is C16H19N3O3. The van der Waals surface area contributed by atoms with Crippen LogP contribution in [0.25, 0.3) is 0 Å². The molecule has 1 aliphatic heterocycles. The molecule has 1 heterocycles. The Labute approximate surface area is 128 Å². The third-order valence-corrected chi connectivity index (χ3v) is 4.51. The average Bonchev–Trinajstić information content (AvgIpc) is 3.33. The van der Waals surface area contributed by atoms with Gasteiger partial charge < -0.3 is 11.1 Å². The van der Waals surface area contributed by atoms with Crippen LogP contribution in [0.2, 0.25) is 0 Å². The van der Waals surface area contributed by atoms with E-state index in [1.807, 2.05) is 6.92 Å². The highest BCUT2D eigenvalue weighted by molar-refractivity contribution is 6.22. The van der Waals surface area contributed by atoms with Crippen molar-refractivity contribution in [3.8, 4) is 0 Å². The maximum Gasteiger partial charge on any atom is 0.262 e. The molecule has 22 heavy (non-hydrogen) atoms. The fourth-order valence-corrected chi connectivity index (χ4v) is 2.92. The van der Waals surface area contributed by atoms with Gasteiger partial charge in [-0.05, 0) is 37.8 Å². The van der Waals surface area contributed by atoms with Gasteiger partial charge in [0.25, 0.3) is 11.8 Å². The Hall–Kier alpha value is -2.21. The highest BCUT2D eigenvalue weighted by atomic mass is 16.2. The molecule has 116 valence electrons. The van der Waals surface area contributed by atoms with Crippen LogP contribution in [0.3, 0.4) is 0 Å². The van der Waals surface area contributed by atoms with Gasteiger partial charge in [0.05, 0.1) is 16.7 Å². The van der Waals surface area contributed by atoms with Crippen LogP contribution in [0.15, 0.2) is 24.3 Å². The van der Waals surface area contributed by atoms with Crippen molar-refractivity contribution in [1.82, 2.24) is 10.2 Å². The Balaban J connectivity index is 1.70. The number of hydrogen-bond acceptors (Lipinski definition) is 4. The van der Waals surface area contributed by atoms with E-state index in [1.54, 1.807) is 24.3 Å². The summed E-state index contributed by atoms with van der Waals surface area (Å²) >= 11 is 0. The molecule has 1 aromatic rings. The molecule has 1 aliphatic carbocycles. The number of amides is 3. The van der Waals surface area contributed by atoms with Gasteiger partial charge in [-0.15, -0.1) is 0 Å². The maximum atomic E-state index is 12.2. The number of carbonyl (C=O) groups is 3. The lowest BCUT2D eigenvalue weighted by molar-refractivity contribution is -0.123. The molecule has 3 rings (SSSR count). The standard InChI is InChI=1S/C16H19N3O3/c1-16(9-17,10-6-7-10)18-13(20)8-19-14(21)11-4-2-3-5-12(11)15(19)22/h2-5,10H,6-9,17H2,1H3,(H,18,20). The Morgan fingerprint density at radius 1 is 1.27 bits per heavy atom. The van der Waals surface area contributed by atoms with Gasteiger partial charge in [0.15, 0.2) is 0 Å². The molecule has 1 fully saturated rings. The number of nitrogens with zero attached hydrogens (tertiary/aromatic N) is 1. The quantitative estimate of drug-likeness (QED) is 0.776. The number of nitrogens with one attached hydrogen (secondary N) is 1. The lowest BCUT2D eigenvalue weighted by Crippen LogP contribution is -2.55. The predicted octanol–water partition coefficient (Wildman–Crippen LogP) is 0.526. The second kappa shape index (κ2) is 5.21. The van der Waals surface area contributed by atoms with Crippen molar-refractivity contribution in [2.45, 2.75) is 25.3 Å². The molecule has 3 N–H and O–H groups in total. The zero-order valence-corrected chi connectivity index (χ0v) is 12.5. The van der Waals surface area contributed by atoms with Crippen LogP contribution in [0, 0.1) is 5.92 Å². The lowest BCUT2D eigenvalue weighted by Gasteiger charge is -2.30. The van der Waals surface area contributed by atoms with Crippen LogP contribution in [0.5, 0.6) is 0 Å². The number of benzene rings is 1. The molecule has 0 saturated heterocycles. The van der Waals surface area contributed by atoms with E-state index in [9.17, 15) is 14.4 Å². The number of carbonyl (C=O) groups excluding carboxylic acids is 3. The van der Waals surface area contributed by atoms with E-state index in [2.05, 4.69) is 5.32 Å². The molecule has 0 aromatic heterocycles. The van der Waals surface area contributed by atoms with E-state index >= 15 is 0 Å². The van der Waals surface area contributed by atoms with E-state index in [-0.39, 0.29) is 12.5 Å². The molecule has 0 spiro atoms. The van der Waals surface area contributed by atoms with Gasteiger partial charge in [-0.3, -0.25) is 19.3 Å². The Bertz CT molecular complexity index is 619. The fraction of sp³-hybridized carbons (Fsp3) is 0.438. The Morgan fingerprint density at radius 2 is 1.82 bits per heavy atom. The summed E-state index contributed by atoms with van der Waals surface area (Å²) in [5.41, 5.74) is 6.01. The molecule has 3 amide bonds. The van der Waals surface area contributed by atoms with Crippen LogP contribution >= 0.6 is 0 Å². The molecule has 1 unspecified atom stereocenters. The Kier molecular flexibility index (Phi) is 3.48. The summed E-state index contributed by atoms with van der Waals surface area (Å²) in [5, 5.41) is 2.89. The summed E-state index contributed by atoms with van der Waals surface area (Å²) in [6.07, 6.45) is 2.09. The maximum absolute atomic E-state index is 12.2. The van der Waals surface area contributed by atoms with Crippen molar-refractivity contribution in [2.24, 2.45) is 11.7 Å². The smallest absolute Gasteiger partial charge is 0.262 e. The SMILES string of the molecule is CC(CN)(NC(=O)CN1C(=O)c2ccccc2C1=O)C1CC1. The van der Waals surface area contributed by atoms with Crippen LogP contribution in [0.4, 0.5) is 0 Å². The van der Waals surface area contributed by atoms with Crippen LogP contribution in [-0.4, -0.2) is 41.2 Å². The number of rotatable bonds is 5. The van der Waals surface area contributed by atoms with Gasteiger partial charge in [-0.1, -0.05) is 12.1 Å². The molecule has 1 saturated carbocycles. The summed E-state index contributed by atoms with van der Waals surface area (Å²) in [4.78, 5) is 37.7. The summed E-state index contributed by atoms with van der Waals surface area (Å²) in [7, 11) is 0. The Morgan fingerprint density at radius 3 is 2.27 bits per heavy atom. The number of nitrogens with two attached hydrogens (primary N) is 1. The van der Waals surface area contributed by atoms with E-state index in [1.165, 1.54) is 0 Å². The topological polar surface area (TPSA) is 92.5 Å².